The van der Waals surface area contributed by atoms with Gasteiger partial charge in [0.05, 0.1) is 0 Å². The molecule has 7 heteroatoms. The highest BCUT2D eigenvalue weighted by molar-refractivity contribution is 5.67. The van der Waals surface area contributed by atoms with Crippen LogP contribution in [0.15, 0.2) is 30.3 Å². The van der Waals surface area contributed by atoms with E-state index in [1.54, 1.807) is 0 Å². The standard InChI is InChI=1S/C15H19F3N2O2/c16-15(17,18)19-9-13-7-4-8-20(10-13)14(21)22-11-12-5-2-1-3-6-12/h1-3,5-6,13,19H,4,7-11H2/t13-/m0/s1. The van der Waals surface area contributed by atoms with Crippen molar-refractivity contribution in [1.82, 2.24) is 10.2 Å². The first-order valence-corrected chi connectivity index (χ1v) is 7.21. The molecule has 0 unspecified atom stereocenters. The molecule has 1 N–H and O–H groups in total. The molecule has 1 saturated heterocycles. The number of rotatable bonds is 4. The maximum absolute atomic E-state index is 12.2. The van der Waals surface area contributed by atoms with Gasteiger partial charge in [0.15, 0.2) is 0 Å². The first kappa shape index (κ1) is 16.6. The summed E-state index contributed by atoms with van der Waals surface area (Å²) in [7, 11) is 0. The molecule has 1 aliphatic rings. The largest absolute Gasteiger partial charge is 0.457 e. The molecule has 1 aromatic carbocycles. The number of hydrogen-bond donors (Lipinski definition) is 1. The van der Waals surface area contributed by atoms with Gasteiger partial charge in [-0.3, -0.25) is 0 Å². The quantitative estimate of drug-likeness (QED) is 0.868. The Balaban J connectivity index is 1.77. The molecule has 1 aliphatic heterocycles. The van der Waals surface area contributed by atoms with Crippen molar-refractivity contribution in [2.24, 2.45) is 5.92 Å². The Morgan fingerprint density at radius 3 is 2.73 bits per heavy atom. The van der Waals surface area contributed by atoms with E-state index in [0.717, 1.165) is 5.56 Å². The zero-order valence-corrected chi connectivity index (χ0v) is 12.1. The summed E-state index contributed by atoms with van der Waals surface area (Å²) in [6, 6.07) is 9.26. The van der Waals surface area contributed by atoms with Crippen LogP contribution < -0.4 is 5.32 Å². The summed E-state index contributed by atoms with van der Waals surface area (Å²) in [4.78, 5) is 13.5. The second-order valence-corrected chi connectivity index (χ2v) is 5.37. The maximum atomic E-state index is 12.2. The smallest absolute Gasteiger partial charge is 0.445 e. The van der Waals surface area contributed by atoms with Crippen molar-refractivity contribution in [1.29, 1.82) is 0 Å². The van der Waals surface area contributed by atoms with E-state index in [0.29, 0.717) is 19.4 Å². The molecule has 1 atom stereocenters. The number of ether oxygens (including phenoxy) is 1. The first-order valence-electron chi connectivity index (χ1n) is 7.21. The molecule has 0 bridgehead atoms. The molecule has 4 nitrogen and oxygen atoms in total. The third-order valence-corrected chi connectivity index (χ3v) is 3.57. The van der Waals surface area contributed by atoms with Crippen molar-refractivity contribution in [2.45, 2.75) is 25.7 Å². The Hall–Kier alpha value is -1.76. The number of piperidine rings is 1. The molecule has 0 aromatic heterocycles. The maximum Gasteiger partial charge on any atom is 0.457 e. The van der Waals surface area contributed by atoms with E-state index in [1.165, 1.54) is 10.2 Å². The minimum Gasteiger partial charge on any atom is -0.445 e. The fraction of sp³-hybridized carbons (Fsp3) is 0.533. The topological polar surface area (TPSA) is 41.6 Å². The van der Waals surface area contributed by atoms with Crippen molar-refractivity contribution in [3.8, 4) is 0 Å². The van der Waals surface area contributed by atoms with Gasteiger partial charge in [0, 0.05) is 19.6 Å². The number of nitrogens with one attached hydrogen (secondary N) is 1. The summed E-state index contributed by atoms with van der Waals surface area (Å²) in [6.45, 7) is 0.806. The fourth-order valence-corrected chi connectivity index (χ4v) is 2.47. The van der Waals surface area contributed by atoms with E-state index in [9.17, 15) is 18.0 Å². The average Bonchev–Trinajstić information content (AvgIpc) is 2.51. The number of carbonyl (C=O) groups is 1. The molecule has 22 heavy (non-hydrogen) atoms. The number of hydrogen-bond acceptors (Lipinski definition) is 3. The number of alkyl halides is 3. The molecule has 0 aliphatic carbocycles. The van der Waals surface area contributed by atoms with E-state index in [-0.39, 0.29) is 25.6 Å². The van der Waals surface area contributed by atoms with E-state index in [2.05, 4.69) is 0 Å². The molecule has 2 rings (SSSR count). The molecule has 1 fully saturated rings. The molecule has 122 valence electrons. The van der Waals surface area contributed by atoms with Gasteiger partial charge in [0.25, 0.3) is 0 Å². The van der Waals surface area contributed by atoms with Gasteiger partial charge >= 0.3 is 12.4 Å². The Morgan fingerprint density at radius 2 is 2.05 bits per heavy atom. The van der Waals surface area contributed by atoms with E-state index in [4.69, 9.17) is 4.74 Å². The minimum absolute atomic E-state index is 0.168. The van der Waals surface area contributed by atoms with E-state index in [1.807, 2.05) is 30.3 Å². The van der Waals surface area contributed by atoms with Crippen LogP contribution in [0, 0.1) is 5.92 Å². The highest BCUT2D eigenvalue weighted by Gasteiger charge is 2.30. The summed E-state index contributed by atoms with van der Waals surface area (Å²) < 4.78 is 41.7. The van der Waals surface area contributed by atoms with Crippen LogP contribution in [0.25, 0.3) is 0 Å². The lowest BCUT2D eigenvalue weighted by molar-refractivity contribution is -0.159. The van der Waals surface area contributed by atoms with E-state index >= 15 is 0 Å². The summed E-state index contributed by atoms with van der Waals surface area (Å²) in [5.41, 5.74) is 0.878. The number of nitrogens with zero attached hydrogens (tertiary/aromatic N) is 1. The highest BCUT2D eigenvalue weighted by atomic mass is 19.4. The number of likely N-dealkylation sites (tertiary alicyclic amines) is 1. The van der Waals surface area contributed by atoms with Gasteiger partial charge in [-0.05, 0) is 24.3 Å². The third-order valence-electron chi connectivity index (χ3n) is 3.57. The van der Waals surface area contributed by atoms with Gasteiger partial charge in [-0.25, -0.2) is 10.1 Å². The Morgan fingerprint density at radius 1 is 1.32 bits per heavy atom. The predicted octanol–water partition coefficient (Wildman–Crippen LogP) is 3.14. The molecule has 1 heterocycles. The molecule has 1 amide bonds. The van der Waals surface area contributed by atoms with Crippen LogP contribution in [-0.4, -0.2) is 36.9 Å². The van der Waals surface area contributed by atoms with Gasteiger partial charge in [-0.2, -0.15) is 13.2 Å². The highest BCUT2D eigenvalue weighted by Crippen LogP contribution is 2.19. The van der Waals surface area contributed by atoms with Crippen LogP contribution in [0.4, 0.5) is 18.0 Å². The normalized spacial score (nSPS) is 19.0. The summed E-state index contributed by atoms with van der Waals surface area (Å²) in [5.74, 6) is -0.209. The number of carbonyl (C=O) groups excluding carboxylic acids is 1. The molecular weight excluding hydrogens is 297 g/mol. The zero-order valence-electron chi connectivity index (χ0n) is 12.1. The lowest BCUT2D eigenvalue weighted by Crippen LogP contribution is -2.45. The first-order chi connectivity index (χ1) is 10.4. The van der Waals surface area contributed by atoms with Crippen LogP contribution in [0.3, 0.4) is 0 Å². The number of halogens is 3. The van der Waals surface area contributed by atoms with E-state index < -0.39 is 12.4 Å². The van der Waals surface area contributed by atoms with Gasteiger partial charge in [-0.15, -0.1) is 0 Å². The lowest BCUT2D eigenvalue weighted by Gasteiger charge is -2.32. The summed E-state index contributed by atoms with van der Waals surface area (Å²) in [5, 5.41) is 1.53. The van der Waals surface area contributed by atoms with Crippen molar-refractivity contribution < 1.29 is 22.7 Å². The number of amides is 1. The average molecular weight is 316 g/mol. The minimum atomic E-state index is -4.38. The van der Waals surface area contributed by atoms with Crippen LogP contribution in [0.2, 0.25) is 0 Å². The SMILES string of the molecule is O=C(OCc1ccccc1)N1CCC[C@@H](CNC(F)(F)F)C1. The Kier molecular flexibility index (Phi) is 5.65. The molecule has 0 spiro atoms. The Labute approximate surface area is 127 Å². The van der Waals surface area contributed by atoms with Crippen LogP contribution in [-0.2, 0) is 11.3 Å². The van der Waals surface area contributed by atoms with Gasteiger partial charge in [-0.1, -0.05) is 30.3 Å². The van der Waals surface area contributed by atoms with Crippen LogP contribution in [0.1, 0.15) is 18.4 Å². The summed E-state index contributed by atoms with van der Waals surface area (Å²) in [6.07, 6.45) is -3.49. The fourth-order valence-electron chi connectivity index (χ4n) is 2.47. The van der Waals surface area contributed by atoms with Crippen molar-refractivity contribution in [3.63, 3.8) is 0 Å². The summed E-state index contributed by atoms with van der Waals surface area (Å²) >= 11 is 0. The molecular formula is C15H19F3N2O2. The second kappa shape index (κ2) is 7.49. The van der Waals surface area contributed by atoms with Gasteiger partial charge in [0.2, 0.25) is 0 Å². The molecule has 0 radical (unpaired) electrons. The van der Waals surface area contributed by atoms with Crippen molar-refractivity contribution in [3.05, 3.63) is 35.9 Å². The van der Waals surface area contributed by atoms with Crippen LogP contribution >= 0.6 is 0 Å². The third kappa shape index (κ3) is 5.55. The number of benzene rings is 1. The second-order valence-electron chi connectivity index (χ2n) is 5.37. The van der Waals surface area contributed by atoms with Crippen molar-refractivity contribution in [2.75, 3.05) is 19.6 Å². The zero-order chi connectivity index (χ0) is 16.0. The van der Waals surface area contributed by atoms with Crippen LogP contribution in [0.5, 0.6) is 0 Å². The molecule has 0 saturated carbocycles. The Bertz CT molecular complexity index is 479. The monoisotopic (exact) mass is 316 g/mol. The van der Waals surface area contributed by atoms with Crippen molar-refractivity contribution >= 4 is 6.09 Å². The predicted molar refractivity (Wildman–Crippen MR) is 75.0 cm³/mol. The molecule has 1 aromatic rings. The van der Waals surface area contributed by atoms with Gasteiger partial charge in [0.1, 0.15) is 6.61 Å². The van der Waals surface area contributed by atoms with Gasteiger partial charge < -0.3 is 9.64 Å². The lowest BCUT2D eigenvalue weighted by atomic mass is 9.98.